The Balaban J connectivity index is 2.45. The second-order valence-corrected chi connectivity index (χ2v) is 4.78. The van der Waals surface area contributed by atoms with Crippen LogP contribution in [0.5, 0.6) is 0 Å². The highest BCUT2D eigenvalue weighted by molar-refractivity contribution is 8.13. The highest BCUT2D eigenvalue weighted by atomic mass is 32.2. The number of nitrogens with zero attached hydrogens (tertiary/aromatic N) is 1. The maximum Gasteiger partial charge on any atom is 0.313 e. The minimum atomic E-state index is -0.453. The second kappa shape index (κ2) is 4.89. The first-order valence-corrected chi connectivity index (χ1v) is 6.63. The normalized spacial score (nSPS) is 25.4. The molecule has 1 aliphatic heterocycles. The summed E-state index contributed by atoms with van der Waals surface area (Å²) in [6.07, 6.45) is 1.56. The Morgan fingerprint density at radius 3 is 2.69 bits per heavy atom. The van der Waals surface area contributed by atoms with Gasteiger partial charge in [0.15, 0.2) is 0 Å². The summed E-state index contributed by atoms with van der Waals surface area (Å²) in [5.41, 5.74) is 1.03. The predicted molar refractivity (Wildman–Crippen MR) is 68.1 cm³/mol. The van der Waals surface area contributed by atoms with Crippen molar-refractivity contribution in [2.75, 3.05) is 12.8 Å². The number of benzene rings is 1. The SMILES string of the molecule is CSC1=[N+](c2ccccc2)[C@@H](O)[C@H](C)CN1. The minimum absolute atomic E-state index is 0.219. The monoisotopic (exact) mass is 237 g/mol. The second-order valence-electron chi connectivity index (χ2n) is 3.99. The average molecular weight is 237 g/mol. The van der Waals surface area contributed by atoms with Gasteiger partial charge in [-0.3, -0.25) is 5.32 Å². The summed E-state index contributed by atoms with van der Waals surface area (Å²) in [4.78, 5) is 0. The highest BCUT2D eigenvalue weighted by Crippen LogP contribution is 2.21. The molecule has 1 aromatic rings. The lowest BCUT2D eigenvalue weighted by molar-refractivity contribution is -0.551. The van der Waals surface area contributed by atoms with Crippen LogP contribution in [0, 0.1) is 5.92 Å². The number of rotatable bonds is 1. The largest absolute Gasteiger partial charge is 0.355 e. The van der Waals surface area contributed by atoms with Crippen molar-refractivity contribution in [1.82, 2.24) is 5.32 Å². The molecule has 2 rings (SSSR count). The van der Waals surface area contributed by atoms with E-state index in [1.807, 2.05) is 48.1 Å². The summed E-state index contributed by atoms with van der Waals surface area (Å²) < 4.78 is 1.96. The quantitative estimate of drug-likeness (QED) is 0.728. The van der Waals surface area contributed by atoms with E-state index in [0.29, 0.717) is 0 Å². The highest BCUT2D eigenvalue weighted by Gasteiger charge is 2.32. The van der Waals surface area contributed by atoms with Crippen LogP contribution in [0.25, 0.3) is 0 Å². The third-order valence-corrected chi connectivity index (χ3v) is 3.52. The third kappa shape index (κ3) is 2.08. The number of para-hydroxylation sites is 1. The van der Waals surface area contributed by atoms with Gasteiger partial charge in [-0.05, 0) is 30.2 Å². The Morgan fingerprint density at radius 2 is 2.06 bits per heavy atom. The van der Waals surface area contributed by atoms with E-state index >= 15 is 0 Å². The predicted octanol–water partition coefficient (Wildman–Crippen LogP) is 1.61. The van der Waals surface area contributed by atoms with Crippen molar-refractivity contribution in [2.45, 2.75) is 13.2 Å². The van der Waals surface area contributed by atoms with Gasteiger partial charge in [0, 0.05) is 0 Å². The number of hydrogen-bond acceptors (Lipinski definition) is 3. The molecule has 0 spiro atoms. The summed E-state index contributed by atoms with van der Waals surface area (Å²) in [7, 11) is 0. The van der Waals surface area contributed by atoms with Crippen LogP contribution in [-0.4, -0.2) is 33.9 Å². The zero-order chi connectivity index (χ0) is 11.5. The van der Waals surface area contributed by atoms with Crippen LogP contribution in [0.2, 0.25) is 0 Å². The molecular formula is C12H17N2OS+. The molecule has 0 saturated heterocycles. The first-order chi connectivity index (χ1) is 7.74. The van der Waals surface area contributed by atoms with E-state index < -0.39 is 6.23 Å². The molecule has 0 amide bonds. The molecule has 1 aliphatic rings. The third-order valence-electron chi connectivity index (χ3n) is 2.80. The summed E-state index contributed by atoms with van der Waals surface area (Å²) in [6.45, 7) is 2.87. The molecule has 2 N–H and O–H groups in total. The number of amidine groups is 1. The van der Waals surface area contributed by atoms with E-state index in [9.17, 15) is 5.11 Å². The van der Waals surface area contributed by atoms with Crippen LogP contribution in [0.3, 0.4) is 0 Å². The van der Waals surface area contributed by atoms with Crippen molar-refractivity contribution in [2.24, 2.45) is 5.92 Å². The number of aliphatic hydroxyl groups is 1. The van der Waals surface area contributed by atoms with Gasteiger partial charge in [-0.25, -0.2) is 0 Å². The lowest BCUT2D eigenvalue weighted by Gasteiger charge is -2.26. The van der Waals surface area contributed by atoms with Crippen LogP contribution in [0.1, 0.15) is 6.92 Å². The van der Waals surface area contributed by atoms with E-state index in [-0.39, 0.29) is 5.92 Å². The topological polar surface area (TPSA) is 35.3 Å². The molecule has 1 aromatic carbocycles. The first kappa shape index (κ1) is 11.5. The Morgan fingerprint density at radius 1 is 1.38 bits per heavy atom. The molecule has 0 fully saturated rings. The molecule has 0 bridgehead atoms. The van der Waals surface area contributed by atoms with Crippen molar-refractivity contribution < 1.29 is 9.68 Å². The molecule has 16 heavy (non-hydrogen) atoms. The molecule has 2 atom stereocenters. The summed E-state index contributed by atoms with van der Waals surface area (Å²) >= 11 is 1.63. The van der Waals surface area contributed by atoms with Crippen molar-refractivity contribution in [3.8, 4) is 0 Å². The van der Waals surface area contributed by atoms with E-state index in [1.54, 1.807) is 11.8 Å². The van der Waals surface area contributed by atoms with Crippen LogP contribution in [-0.2, 0) is 0 Å². The Labute approximate surface area is 100 Å². The van der Waals surface area contributed by atoms with Gasteiger partial charge in [0.25, 0.3) is 0 Å². The molecule has 3 nitrogen and oxygen atoms in total. The van der Waals surface area contributed by atoms with Crippen molar-refractivity contribution in [3.63, 3.8) is 0 Å². The molecule has 1 heterocycles. The zero-order valence-corrected chi connectivity index (χ0v) is 10.4. The molecule has 0 aliphatic carbocycles. The van der Waals surface area contributed by atoms with Crippen molar-refractivity contribution in [1.29, 1.82) is 0 Å². The Bertz CT molecular complexity index is 391. The maximum atomic E-state index is 10.2. The molecular weight excluding hydrogens is 220 g/mol. The summed E-state index contributed by atoms with van der Waals surface area (Å²) in [5, 5.41) is 14.6. The van der Waals surface area contributed by atoms with Crippen molar-refractivity contribution in [3.05, 3.63) is 30.3 Å². The zero-order valence-electron chi connectivity index (χ0n) is 9.55. The number of aliphatic hydroxyl groups excluding tert-OH is 1. The van der Waals surface area contributed by atoms with Crippen molar-refractivity contribution >= 4 is 22.6 Å². The Kier molecular flexibility index (Phi) is 3.51. The summed E-state index contributed by atoms with van der Waals surface area (Å²) in [5.74, 6) is 0.219. The molecule has 86 valence electrons. The Hall–Kier alpha value is -1.00. The van der Waals surface area contributed by atoms with Gasteiger partial charge in [0.1, 0.15) is 5.69 Å². The molecule has 0 unspecified atom stereocenters. The van der Waals surface area contributed by atoms with E-state index in [1.165, 1.54) is 0 Å². The van der Waals surface area contributed by atoms with E-state index in [4.69, 9.17) is 0 Å². The van der Waals surface area contributed by atoms with Gasteiger partial charge in [-0.15, -0.1) is 0 Å². The lowest BCUT2D eigenvalue weighted by Crippen LogP contribution is -2.47. The fourth-order valence-electron chi connectivity index (χ4n) is 1.84. The maximum absolute atomic E-state index is 10.2. The van der Waals surface area contributed by atoms with Gasteiger partial charge in [-0.2, -0.15) is 4.58 Å². The van der Waals surface area contributed by atoms with Crippen LogP contribution in [0.15, 0.2) is 30.3 Å². The average Bonchev–Trinajstić information content (AvgIpc) is 2.33. The van der Waals surface area contributed by atoms with Gasteiger partial charge in [-0.1, -0.05) is 25.1 Å². The minimum Gasteiger partial charge on any atom is -0.355 e. The molecule has 0 aromatic heterocycles. The smallest absolute Gasteiger partial charge is 0.313 e. The van der Waals surface area contributed by atoms with Gasteiger partial charge in [0.2, 0.25) is 6.23 Å². The van der Waals surface area contributed by atoms with Crippen LogP contribution < -0.4 is 5.32 Å². The lowest BCUT2D eigenvalue weighted by atomic mass is 10.1. The fourth-order valence-corrected chi connectivity index (χ4v) is 2.48. The standard InChI is InChI=1S/C12H16N2OS/c1-9-8-13-12(16-2)14(11(9)15)10-6-4-3-5-7-10/h3-7,9,11,15H,8H2,1-2H3/p+1/t9-,11+/m1/s1. The molecule has 0 radical (unpaired) electrons. The number of hydrogen-bond donors (Lipinski definition) is 2. The fraction of sp³-hybridized carbons (Fsp3) is 0.417. The van der Waals surface area contributed by atoms with E-state index in [0.717, 1.165) is 17.4 Å². The van der Waals surface area contributed by atoms with Gasteiger partial charge >= 0.3 is 5.17 Å². The number of nitrogens with one attached hydrogen (secondary N) is 1. The molecule has 0 saturated carbocycles. The first-order valence-electron chi connectivity index (χ1n) is 5.41. The van der Waals surface area contributed by atoms with Gasteiger partial charge < -0.3 is 5.11 Å². The summed E-state index contributed by atoms with van der Waals surface area (Å²) in [6, 6.07) is 9.98. The molecule has 4 heteroatoms. The number of thioether (sulfide) groups is 1. The van der Waals surface area contributed by atoms with E-state index in [2.05, 4.69) is 5.32 Å². The van der Waals surface area contributed by atoms with Crippen LogP contribution >= 0.6 is 11.8 Å². The van der Waals surface area contributed by atoms with Crippen LogP contribution in [0.4, 0.5) is 5.69 Å². The van der Waals surface area contributed by atoms with Gasteiger partial charge in [0.05, 0.1) is 12.5 Å².